The van der Waals surface area contributed by atoms with Gasteiger partial charge in [0.05, 0.1) is 16.8 Å². The second-order valence-corrected chi connectivity index (χ2v) is 6.44. The highest BCUT2D eigenvalue weighted by Crippen LogP contribution is 2.25. The van der Waals surface area contributed by atoms with Crippen molar-refractivity contribution in [2.45, 2.75) is 0 Å². The molecule has 0 aliphatic heterocycles. The van der Waals surface area contributed by atoms with Crippen molar-refractivity contribution in [1.29, 1.82) is 0 Å². The van der Waals surface area contributed by atoms with Crippen molar-refractivity contribution in [2.75, 3.05) is 11.9 Å². The zero-order chi connectivity index (χ0) is 20.9. The monoisotopic (exact) mass is 401 g/mol. The minimum Gasteiger partial charge on any atom is -0.452 e. The lowest BCUT2D eigenvalue weighted by atomic mass is 10.0. The zero-order valence-corrected chi connectivity index (χ0v) is 15.7. The number of nitrogens with zero attached hydrogens (tertiary/aromatic N) is 2. The molecule has 1 N–H and O–H groups in total. The molecule has 0 unspecified atom stereocenters. The molecule has 2 heterocycles. The Morgan fingerprint density at radius 3 is 2.57 bits per heavy atom. The van der Waals surface area contributed by atoms with Crippen LogP contribution in [-0.2, 0) is 9.53 Å². The Labute approximate surface area is 171 Å². The lowest BCUT2D eigenvalue weighted by Gasteiger charge is -2.10. The van der Waals surface area contributed by atoms with Crippen LogP contribution in [0.2, 0.25) is 0 Å². The molecule has 0 spiro atoms. The number of fused-ring (bicyclic) bond motifs is 1. The molecule has 0 radical (unpaired) electrons. The van der Waals surface area contributed by atoms with Crippen LogP contribution in [0.1, 0.15) is 10.4 Å². The first-order valence-corrected chi connectivity index (χ1v) is 9.13. The van der Waals surface area contributed by atoms with Crippen LogP contribution < -0.4 is 5.32 Å². The van der Waals surface area contributed by atoms with Crippen molar-refractivity contribution in [3.8, 4) is 11.3 Å². The highest BCUT2D eigenvalue weighted by molar-refractivity contribution is 6.05. The molecule has 0 aliphatic carbocycles. The summed E-state index contributed by atoms with van der Waals surface area (Å²) < 4.78 is 18.4. The van der Waals surface area contributed by atoms with Crippen molar-refractivity contribution in [3.63, 3.8) is 0 Å². The van der Waals surface area contributed by atoms with Gasteiger partial charge in [0, 0.05) is 29.0 Å². The summed E-state index contributed by atoms with van der Waals surface area (Å²) in [7, 11) is 0. The topological polar surface area (TPSA) is 81.2 Å². The molecule has 0 saturated heterocycles. The molecule has 1 amide bonds. The molecule has 0 atom stereocenters. The summed E-state index contributed by atoms with van der Waals surface area (Å²) in [6.07, 6.45) is 3.28. The van der Waals surface area contributed by atoms with Gasteiger partial charge < -0.3 is 10.1 Å². The van der Waals surface area contributed by atoms with Crippen molar-refractivity contribution in [2.24, 2.45) is 0 Å². The number of hydrogen-bond acceptors (Lipinski definition) is 5. The molecule has 0 fully saturated rings. The van der Waals surface area contributed by atoms with E-state index in [-0.39, 0.29) is 5.69 Å². The predicted molar refractivity (Wildman–Crippen MR) is 110 cm³/mol. The largest absolute Gasteiger partial charge is 0.452 e. The molecule has 148 valence electrons. The van der Waals surface area contributed by atoms with E-state index in [0.29, 0.717) is 22.2 Å². The van der Waals surface area contributed by atoms with Gasteiger partial charge in [-0.3, -0.25) is 9.78 Å². The molecule has 0 bridgehead atoms. The SMILES string of the molecule is O=C(COC(=O)c1cc(-c2ccncc2)nc2ccccc12)Nc1cccc(F)c1. The fourth-order valence-electron chi connectivity index (χ4n) is 2.99. The number of carbonyl (C=O) groups is 2. The second-order valence-electron chi connectivity index (χ2n) is 6.44. The zero-order valence-electron chi connectivity index (χ0n) is 15.7. The van der Waals surface area contributed by atoms with Gasteiger partial charge in [0.15, 0.2) is 6.61 Å². The van der Waals surface area contributed by atoms with Crippen LogP contribution in [0.15, 0.2) is 79.1 Å². The molecule has 2 aromatic carbocycles. The van der Waals surface area contributed by atoms with Gasteiger partial charge in [-0.1, -0.05) is 24.3 Å². The maximum Gasteiger partial charge on any atom is 0.339 e. The molecule has 30 heavy (non-hydrogen) atoms. The van der Waals surface area contributed by atoms with Crippen LogP contribution in [0, 0.1) is 5.82 Å². The van der Waals surface area contributed by atoms with Gasteiger partial charge in [-0.25, -0.2) is 14.2 Å². The Morgan fingerprint density at radius 2 is 1.77 bits per heavy atom. The summed E-state index contributed by atoms with van der Waals surface area (Å²) in [5.41, 5.74) is 2.60. The van der Waals surface area contributed by atoms with E-state index in [9.17, 15) is 14.0 Å². The Bertz CT molecular complexity index is 1230. The normalized spacial score (nSPS) is 10.6. The molecule has 2 aromatic heterocycles. The van der Waals surface area contributed by atoms with Crippen LogP contribution in [-0.4, -0.2) is 28.5 Å². The molecule has 7 heteroatoms. The van der Waals surface area contributed by atoms with Gasteiger partial charge in [0.2, 0.25) is 0 Å². The molecule has 0 saturated carbocycles. The minimum atomic E-state index is -0.654. The quantitative estimate of drug-likeness (QED) is 0.506. The van der Waals surface area contributed by atoms with Gasteiger partial charge in [-0.2, -0.15) is 0 Å². The second kappa shape index (κ2) is 8.48. The number of ether oxygens (including phenoxy) is 1. The highest BCUT2D eigenvalue weighted by atomic mass is 19.1. The maximum absolute atomic E-state index is 13.2. The van der Waals surface area contributed by atoms with Crippen LogP contribution in [0.4, 0.5) is 10.1 Å². The third-order valence-electron chi connectivity index (χ3n) is 4.35. The van der Waals surface area contributed by atoms with E-state index in [4.69, 9.17) is 4.74 Å². The Morgan fingerprint density at radius 1 is 0.967 bits per heavy atom. The van der Waals surface area contributed by atoms with Gasteiger partial charge in [0.25, 0.3) is 5.91 Å². The number of rotatable bonds is 5. The summed E-state index contributed by atoms with van der Waals surface area (Å²) in [4.78, 5) is 33.4. The lowest BCUT2D eigenvalue weighted by molar-refractivity contribution is -0.119. The predicted octanol–water partition coefficient (Wildman–Crippen LogP) is 4.23. The summed E-state index contributed by atoms with van der Waals surface area (Å²) in [5, 5.41) is 3.11. The standard InChI is InChI=1S/C23H16FN3O3/c24-16-4-3-5-17(12-16)26-22(28)14-30-23(29)19-13-21(15-8-10-25-11-9-15)27-20-7-2-1-6-18(19)20/h1-13H,14H2,(H,26,28). The number of halogens is 1. The number of pyridine rings is 2. The fourth-order valence-corrected chi connectivity index (χ4v) is 2.99. The van der Waals surface area contributed by atoms with Crippen molar-refractivity contribution < 1.29 is 18.7 Å². The summed E-state index contributed by atoms with van der Waals surface area (Å²) in [6, 6.07) is 17.9. The first-order chi connectivity index (χ1) is 14.6. The molecule has 6 nitrogen and oxygen atoms in total. The van der Waals surface area contributed by atoms with E-state index in [1.54, 1.807) is 54.9 Å². The summed E-state index contributed by atoms with van der Waals surface area (Å²) >= 11 is 0. The molecular weight excluding hydrogens is 385 g/mol. The molecule has 4 aromatic rings. The van der Waals surface area contributed by atoms with Crippen LogP contribution >= 0.6 is 0 Å². The number of amides is 1. The number of carbonyl (C=O) groups excluding carboxylic acids is 2. The summed E-state index contributed by atoms with van der Waals surface area (Å²) in [6.45, 7) is -0.503. The van der Waals surface area contributed by atoms with Crippen LogP contribution in [0.3, 0.4) is 0 Å². The molecule has 0 aliphatic rings. The Balaban J connectivity index is 1.56. The van der Waals surface area contributed by atoms with Gasteiger partial charge in [0.1, 0.15) is 5.82 Å². The molecule has 4 rings (SSSR count). The number of para-hydroxylation sites is 1. The highest BCUT2D eigenvalue weighted by Gasteiger charge is 2.16. The minimum absolute atomic E-state index is 0.283. The smallest absolute Gasteiger partial charge is 0.339 e. The summed E-state index contributed by atoms with van der Waals surface area (Å²) in [5.74, 6) is -1.70. The van der Waals surface area contributed by atoms with Crippen molar-refractivity contribution in [1.82, 2.24) is 9.97 Å². The Hall–Kier alpha value is -4.13. The molecular formula is C23H16FN3O3. The number of esters is 1. The number of aromatic nitrogens is 2. The van der Waals surface area contributed by atoms with Gasteiger partial charge >= 0.3 is 5.97 Å². The fraction of sp³-hybridized carbons (Fsp3) is 0.0435. The average Bonchev–Trinajstić information content (AvgIpc) is 2.77. The van der Waals surface area contributed by atoms with Crippen LogP contribution in [0.25, 0.3) is 22.2 Å². The van der Waals surface area contributed by atoms with Gasteiger partial charge in [-0.05, 0) is 42.5 Å². The average molecular weight is 401 g/mol. The third kappa shape index (κ3) is 4.30. The van der Waals surface area contributed by atoms with Crippen LogP contribution in [0.5, 0.6) is 0 Å². The first-order valence-electron chi connectivity index (χ1n) is 9.13. The van der Waals surface area contributed by atoms with E-state index in [1.165, 1.54) is 18.2 Å². The van der Waals surface area contributed by atoms with E-state index in [1.807, 2.05) is 6.07 Å². The first kappa shape index (κ1) is 19.2. The number of nitrogens with one attached hydrogen (secondary N) is 1. The van der Waals surface area contributed by atoms with Gasteiger partial charge in [-0.15, -0.1) is 0 Å². The maximum atomic E-state index is 13.2. The van der Waals surface area contributed by atoms with E-state index < -0.39 is 24.3 Å². The van der Waals surface area contributed by atoms with E-state index in [0.717, 1.165) is 5.56 Å². The van der Waals surface area contributed by atoms with Crippen molar-refractivity contribution in [3.05, 3.63) is 90.5 Å². The third-order valence-corrected chi connectivity index (χ3v) is 4.35. The van der Waals surface area contributed by atoms with E-state index >= 15 is 0 Å². The lowest BCUT2D eigenvalue weighted by Crippen LogP contribution is -2.21. The van der Waals surface area contributed by atoms with E-state index in [2.05, 4.69) is 15.3 Å². The van der Waals surface area contributed by atoms with Crippen molar-refractivity contribution >= 4 is 28.5 Å². The number of hydrogen-bond donors (Lipinski definition) is 1. The number of anilines is 1. The Kier molecular flexibility index (Phi) is 5.43. The number of benzene rings is 2.